The minimum atomic E-state index is 0.354. The van der Waals surface area contributed by atoms with Crippen LogP contribution >= 0.6 is 28.1 Å². The molecule has 18 heavy (non-hydrogen) atoms. The van der Waals surface area contributed by atoms with Gasteiger partial charge in [-0.3, -0.25) is 4.57 Å². The fourth-order valence-corrected chi connectivity index (χ4v) is 2.70. The van der Waals surface area contributed by atoms with Crippen LogP contribution in [0.1, 0.15) is 0 Å². The van der Waals surface area contributed by atoms with E-state index < -0.39 is 0 Å². The smallest absolute Gasteiger partial charge is 0.225 e. The lowest BCUT2D eigenvalue weighted by molar-refractivity contribution is 1.05. The second-order valence-electron chi connectivity index (χ2n) is 3.83. The molecule has 0 aliphatic heterocycles. The van der Waals surface area contributed by atoms with Crippen molar-refractivity contribution in [3.63, 3.8) is 0 Å². The van der Waals surface area contributed by atoms with Crippen LogP contribution in [0.25, 0.3) is 16.5 Å². The van der Waals surface area contributed by atoms with Crippen LogP contribution in [0, 0.1) is 4.77 Å². The number of nitrogen functional groups attached to an aromatic ring is 1. The molecular formula is C12H9BrN4S. The van der Waals surface area contributed by atoms with Gasteiger partial charge in [-0.2, -0.15) is 0 Å². The van der Waals surface area contributed by atoms with Crippen LogP contribution in [0.2, 0.25) is 0 Å². The minimum Gasteiger partial charge on any atom is -0.368 e. The summed E-state index contributed by atoms with van der Waals surface area (Å²) in [5, 5.41) is 8.80. The van der Waals surface area contributed by atoms with Gasteiger partial charge in [0.15, 0.2) is 0 Å². The number of H-pyrrole nitrogens is 1. The van der Waals surface area contributed by atoms with Crippen molar-refractivity contribution in [1.29, 1.82) is 0 Å². The molecule has 90 valence electrons. The Morgan fingerprint density at radius 3 is 2.56 bits per heavy atom. The zero-order chi connectivity index (χ0) is 12.7. The fourth-order valence-electron chi connectivity index (χ4n) is 1.98. The van der Waals surface area contributed by atoms with Gasteiger partial charge in [0.2, 0.25) is 10.7 Å². The van der Waals surface area contributed by atoms with E-state index in [2.05, 4.69) is 26.1 Å². The van der Waals surface area contributed by atoms with Crippen molar-refractivity contribution in [1.82, 2.24) is 14.8 Å². The number of aromatic amines is 1. The van der Waals surface area contributed by atoms with Gasteiger partial charge in [0, 0.05) is 9.86 Å². The Hall–Kier alpha value is -1.66. The van der Waals surface area contributed by atoms with Gasteiger partial charge < -0.3 is 5.73 Å². The SMILES string of the molecule is Nc1n[nH]c(=S)n1-c1ccc(Br)c2ccccc12. The van der Waals surface area contributed by atoms with Crippen molar-refractivity contribution in [3.05, 3.63) is 45.6 Å². The Morgan fingerprint density at radius 1 is 1.17 bits per heavy atom. The quantitative estimate of drug-likeness (QED) is 0.675. The maximum Gasteiger partial charge on any atom is 0.225 e. The van der Waals surface area contributed by atoms with Gasteiger partial charge in [-0.15, -0.1) is 5.10 Å². The van der Waals surface area contributed by atoms with Crippen molar-refractivity contribution < 1.29 is 0 Å². The van der Waals surface area contributed by atoms with E-state index in [1.165, 1.54) is 0 Å². The number of nitrogens with zero attached hydrogens (tertiary/aromatic N) is 2. The highest BCUT2D eigenvalue weighted by Gasteiger charge is 2.09. The molecule has 4 nitrogen and oxygen atoms in total. The van der Waals surface area contributed by atoms with E-state index in [0.29, 0.717) is 10.7 Å². The molecular weight excluding hydrogens is 312 g/mol. The van der Waals surface area contributed by atoms with E-state index >= 15 is 0 Å². The minimum absolute atomic E-state index is 0.354. The highest BCUT2D eigenvalue weighted by molar-refractivity contribution is 9.10. The number of aromatic nitrogens is 3. The number of benzene rings is 2. The van der Waals surface area contributed by atoms with Gasteiger partial charge in [-0.05, 0) is 29.7 Å². The maximum atomic E-state index is 5.84. The van der Waals surface area contributed by atoms with Gasteiger partial charge >= 0.3 is 0 Å². The van der Waals surface area contributed by atoms with Gasteiger partial charge in [0.1, 0.15) is 0 Å². The number of halogens is 1. The second-order valence-corrected chi connectivity index (χ2v) is 5.08. The number of rotatable bonds is 1. The maximum absolute atomic E-state index is 5.84. The van der Waals surface area contributed by atoms with E-state index in [9.17, 15) is 0 Å². The molecule has 6 heteroatoms. The Labute approximate surface area is 117 Å². The average Bonchev–Trinajstić information content (AvgIpc) is 2.71. The number of nitrogens with two attached hydrogens (primary N) is 1. The Kier molecular flexibility index (Phi) is 2.68. The molecule has 3 aromatic rings. The monoisotopic (exact) mass is 320 g/mol. The number of anilines is 1. The Bertz CT molecular complexity index is 790. The molecule has 3 rings (SSSR count). The third kappa shape index (κ3) is 1.65. The summed E-state index contributed by atoms with van der Waals surface area (Å²) in [7, 11) is 0. The van der Waals surface area contributed by atoms with Gasteiger partial charge in [0.05, 0.1) is 5.69 Å². The van der Waals surface area contributed by atoms with Gasteiger partial charge in [-0.1, -0.05) is 40.2 Å². The molecule has 0 bridgehead atoms. The molecule has 0 aliphatic rings. The summed E-state index contributed by atoms with van der Waals surface area (Å²) >= 11 is 8.75. The summed E-state index contributed by atoms with van der Waals surface area (Å²) in [5.41, 5.74) is 6.77. The summed E-state index contributed by atoms with van der Waals surface area (Å²) in [6, 6.07) is 12.0. The second kappa shape index (κ2) is 4.22. The Balaban J connectivity index is 2.45. The first-order valence-corrected chi connectivity index (χ1v) is 6.49. The molecule has 0 aliphatic carbocycles. The topological polar surface area (TPSA) is 59.6 Å². The van der Waals surface area contributed by atoms with Gasteiger partial charge in [0.25, 0.3) is 0 Å². The molecule has 0 fully saturated rings. The number of nitrogens with one attached hydrogen (secondary N) is 1. The highest BCUT2D eigenvalue weighted by Crippen LogP contribution is 2.29. The third-order valence-electron chi connectivity index (χ3n) is 2.79. The zero-order valence-corrected chi connectivity index (χ0v) is 11.6. The first-order valence-electron chi connectivity index (χ1n) is 5.29. The van der Waals surface area contributed by atoms with E-state index in [4.69, 9.17) is 18.0 Å². The van der Waals surface area contributed by atoms with Crippen LogP contribution in [0.4, 0.5) is 5.95 Å². The number of hydrogen-bond acceptors (Lipinski definition) is 3. The molecule has 0 saturated carbocycles. The molecule has 2 aromatic carbocycles. The summed E-state index contributed by atoms with van der Waals surface area (Å²) < 4.78 is 3.25. The first kappa shape index (κ1) is 11.4. The van der Waals surface area contributed by atoms with E-state index in [-0.39, 0.29) is 0 Å². The predicted molar refractivity (Wildman–Crippen MR) is 78.4 cm³/mol. The van der Waals surface area contributed by atoms with Crippen LogP contribution < -0.4 is 5.73 Å². The summed E-state index contributed by atoms with van der Waals surface area (Å²) in [6.07, 6.45) is 0. The highest BCUT2D eigenvalue weighted by atomic mass is 79.9. The summed E-state index contributed by atoms with van der Waals surface area (Å²) in [5.74, 6) is 0.354. The van der Waals surface area contributed by atoms with Crippen LogP contribution in [0.5, 0.6) is 0 Å². The van der Waals surface area contributed by atoms with Crippen LogP contribution in [-0.4, -0.2) is 14.8 Å². The number of hydrogen-bond donors (Lipinski definition) is 2. The molecule has 0 amide bonds. The predicted octanol–water partition coefficient (Wildman–Crippen LogP) is 3.43. The van der Waals surface area contributed by atoms with E-state index in [1.54, 1.807) is 4.57 Å². The molecule has 3 N–H and O–H groups in total. The van der Waals surface area contributed by atoms with Crippen molar-refractivity contribution in [2.45, 2.75) is 0 Å². The third-order valence-corrected chi connectivity index (χ3v) is 3.75. The van der Waals surface area contributed by atoms with E-state index in [0.717, 1.165) is 20.9 Å². The van der Waals surface area contributed by atoms with Gasteiger partial charge in [-0.25, -0.2) is 5.10 Å². The molecule has 1 heterocycles. The lowest BCUT2D eigenvalue weighted by Crippen LogP contribution is -2.01. The van der Waals surface area contributed by atoms with Crippen LogP contribution in [0.15, 0.2) is 40.9 Å². The van der Waals surface area contributed by atoms with Crippen molar-refractivity contribution in [2.24, 2.45) is 0 Å². The van der Waals surface area contributed by atoms with Crippen LogP contribution in [-0.2, 0) is 0 Å². The van der Waals surface area contributed by atoms with E-state index in [1.807, 2.05) is 36.4 Å². The molecule has 0 saturated heterocycles. The molecule has 0 radical (unpaired) electrons. The summed E-state index contributed by atoms with van der Waals surface area (Å²) in [4.78, 5) is 0. The van der Waals surface area contributed by atoms with Crippen molar-refractivity contribution >= 4 is 44.9 Å². The van der Waals surface area contributed by atoms with Crippen molar-refractivity contribution in [3.8, 4) is 5.69 Å². The Morgan fingerprint density at radius 2 is 1.89 bits per heavy atom. The zero-order valence-electron chi connectivity index (χ0n) is 9.22. The fraction of sp³-hybridized carbons (Fsp3) is 0. The number of fused-ring (bicyclic) bond motifs is 1. The lowest BCUT2D eigenvalue weighted by Gasteiger charge is -2.09. The lowest BCUT2D eigenvalue weighted by atomic mass is 10.1. The molecule has 0 atom stereocenters. The molecule has 0 spiro atoms. The first-order chi connectivity index (χ1) is 8.68. The van der Waals surface area contributed by atoms with Crippen LogP contribution in [0.3, 0.4) is 0 Å². The normalized spacial score (nSPS) is 10.9. The summed E-state index contributed by atoms with van der Waals surface area (Å²) in [6.45, 7) is 0. The largest absolute Gasteiger partial charge is 0.368 e. The standard InChI is InChI=1S/C12H9BrN4S/c13-9-5-6-10(8-4-2-1-3-7(8)9)17-11(14)15-16-12(17)18/h1-6H,(H2,14,15)(H,16,18). The van der Waals surface area contributed by atoms with Crippen molar-refractivity contribution in [2.75, 3.05) is 5.73 Å². The molecule has 1 aromatic heterocycles. The average molecular weight is 321 g/mol. The molecule has 0 unspecified atom stereocenters.